The Kier molecular flexibility index (Phi) is 32.8. The molecule has 0 saturated heterocycles. The van der Waals surface area contributed by atoms with Crippen LogP contribution in [-0.2, 0) is 70.3 Å². The van der Waals surface area contributed by atoms with Gasteiger partial charge in [0.05, 0.1) is 71.2 Å². The molecule has 0 saturated carbocycles. The Balaban J connectivity index is 0.000000369. The Hall–Kier alpha value is -7.78. The zero-order valence-corrected chi connectivity index (χ0v) is 67.0. The van der Waals surface area contributed by atoms with Crippen molar-refractivity contribution in [2.24, 2.45) is 29.0 Å². The first-order chi connectivity index (χ1) is 49.5. The molecule has 0 radical (unpaired) electrons. The maximum Gasteiger partial charge on any atom is 1.00 e. The number of ketones is 3. The van der Waals surface area contributed by atoms with Crippen LogP contribution in [0, 0.1) is 51.4 Å². The number of carbonyl (C=O) groups is 7. The predicted molar refractivity (Wildman–Crippen MR) is 414 cm³/mol. The molecule has 11 rings (SSSR count). The first-order valence-electron chi connectivity index (χ1n) is 34.7. The van der Waals surface area contributed by atoms with E-state index in [1.807, 2.05) is 50.2 Å². The number of aromatic nitrogens is 2. The van der Waals surface area contributed by atoms with Crippen molar-refractivity contribution in [1.29, 1.82) is 5.26 Å². The van der Waals surface area contributed by atoms with Gasteiger partial charge in [0.1, 0.15) is 30.8 Å². The minimum Gasteiger partial charge on any atom is -0.492 e. The first-order valence-corrected chi connectivity index (χ1v) is 37.0. The zero-order chi connectivity index (χ0) is 75.7. The number of aryl methyl sites for hydroxylation is 3. The molecule has 106 heavy (non-hydrogen) atoms. The van der Waals surface area contributed by atoms with Crippen molar-refractivity contribution in [3.05, 3.63) is 203 Å². The fourth-order valence-electron chi connectivity index (χ4n) is 13.3. The van der Waals surface area contributed by atoms with Crippen molar-refractivity contribution in [2.45, 2.75) is 136 Å². The summed E-state index contributed by atoms with van der Waals surface area (Å²) in [6, 6.07) is 33.4. The smallest absolute Gasteiger partial charge is 0.492 e. The molecule has 21 nitrogen and oxygen atoms in total. The number of cyclic esters (lactones) is 1. The molecule has 4 bridgehead atoms. The third kappa shape index (κ3) is 22.4. The van der Waals surface area contributed by atoms with E-state index in [1.54, 1.807) is 82.3 Å². The van der Waals surface area contributed by atoms with Gasteiger partial charge in [-0.2, -0.15) is 5.26 Å². The van der Waals surface area contributed by atoms with Crippen molar-refractivity contribution in [3.63, 3.8) is 0 Å². The fraction of sp³-hybridized carbons (Fsp3) is 0.395. The third-order valence-electron chi connectivity index (χ3n) is 18.6. The summed E-state index contributed by atoms with van der Waals surface area (Å²) in [7, 11) is 1.51. The monoisotopic (exact) mass is 1630 g/mol. The molecule has 6 aromatic carbocycles. The Morgan fingerprint density at radius 3 is 1.86 bits per heavy atom. The number of Topliss-reactive ketones (excluding diaryl/α,β-unsaturated/α-hetero) is 3. The van der Waals surface area contributed by atoms with E-state index in [9.17, 15) is 38.8 Å². The van der Waals surface area contributed by atoms with Crippen LogP contribution in [0.1, 0.15) is 160 Å². The molecule has 4 aliphatic heterocycles. The summed E-state index contributed by atoms with van der Waals surface area (Å²) in [5.74, 6) is -3.80. The average molecular weight is 1630 g/mol. The minimum atomic E-state index is -1.25. The molecular formula is C81H94Br3LiN8O13. The number of esters is 1. The van der Waals surface area contributed by atoms with Crippen LogP contribution in [0.25, 0.3) is 22.5 Å². The summed E-state index contributed by atoms with van der Waals surface area (Å²) in [6.07, 6.45) is 2.19. The van der Waals surface area contributed by atoms with E-state index in [0.717, 1.165) is 67.1 Å². The molecule has 0 unspecified atom stereocenters. The molecule has 558 valence electrons. The standard InChI is InChI=1S/C52H64N8O8.C11H13BrO.C9H7BrO2.C8H7BrO2.CH3.Li/c1-30-24-44(63)48(35-11-14-46(67-23-20-56)39(28-35)38-25-33(9-13-45(38)66-22-19-55)26-41(59-50(30)64)42(61)8-7-17-53)60(6)51(65)37(15-18-54)29-43(62)47-31(2)57-49(58-32(47)3)36-10-12-40-34(27-36)16-21-68-52(40,4)5;1-11(2)10-4-3-9(12)7-8(10)5-6-13-11;10-7-1-2-8-6(5-7)3-4-12-9(8)11;1-5-4-6(9)2-3-7(5)8(10)11;;/h9-14,25,27-28,30,37,41,48H,7-8,15-16,18-24,26,29,54-56H2,1-6H3,(H,59,64);3-4,7H,5-6H2,1-2H3;1-2,5H,3-4H2;2-4H,1H3,(H,10,11);1H3;/q;;;;-1;+1/t30-,37-,41+,48+;;;;;/m1...../s1. The molecule has 0 spiro atoms. The number of halogens is 3. The maximum atomic E-state index is 14.9. The largest absolute Gasteiger partial charge is 1.00 e. The normalized spacial score (nSPS) is 16.8. The maximum absolute atomic E-state index is 14.9. The van der Waals surface area contributed by atoms with Crippen LogP contribution in [-0.4, -0.2) is 127 Å². The van der Waals surface area contributed by atoms with Gasteiger partial charge >= 0.3 is 30.8 Å². The van der Waals surface area contributed by atoms with Gasteiger partial charge in [0.2, 0.25) is 11.8 Å². The summed E-state index contributed by atoms with van der Waals surface area (Å²) < 4.78 is 31.9. The molecule has 8 N–H and O–H groups in total. The molecular weight excluding hydrogens is 1540 g/mol. The molecule has 7 aromatic rings. The van der Waals surface area contributed by atoms with Crippen LogP contribution in [0.15, 0.2) is 123 Å². The quantitative estimate of drug-likeness (QED) is 0.0231. The number of amides is 2. The van der Waals surface area contributed by atoms with E-state index in [2.05, 4.69) is 91.2 Å². The Morgan fingerprint density at radius 2 is 1.26 bits per heavy atom. The summed E-state index contributed by atoms with van der Waals surface area (Å²) in [5.41, 5.74) is 29.4. The number of rotatable bonds is 18. The van der Waals surface area contributed by atoms with Gasteiger partial charge in [0, 0.05) is 94.2 Å². The van der Waals surface area contributed by atoms with Crippen LogP contribution in [0.2, 0.25) is 0 Å². The van der Waals surface area contributed by atoms with Gasteiger partial charge in [0.25, 0.3) is 0 Å². The third-order valence-corrected chi connectivity index (χ3v) is 20.1. The summed E-state index contributed by atoms with van der Waals surface area (Å²) in [6.45, 7) is 18.0. The number of hydrogen-bond acceptors (Lipinski definition) is 18. The second-order valence-corrected chi connectivity index (χ2v) is 29.8. The van der Waals surface area contributed by atoms with Crippen LogP contribution >= 0.6 is 47.8 Å². The number of nitrogens with zero attached hydrogens (tertiary/aromatic N) is 4. The van der Waals surface area contributed by atoms with E-state index >= 15 is 0 Å². The molecule has 2 amide bonds. The van der Waals surface area contributed by atoms with Crippen LogP contribution < -0.4 is 50.9 Å². The number of nitrogens with two attached hydrogens (primary N) is 3. The van der Waals surface area contributed by atoms with Gasteiger partial charge < -0.3 is 63.6 Å². The SMILES string of the molecule is CC1(C)OCCc2cc(Br)ccc21.Cc1cc(Br)ccc1C(=O)O.Cc1nc(-c2ccc3c(c2)CCOC3(C)C)nc(C)c1C(=O)C[C@@H](CCN)C(=O)N(C)[C@@H]1C(=O)C[C@@H](C)C(=O)N[C@H](C(=O)CCC#N)Cc2ccc(OCCN)c(c2)-c2cc1ccc2OCCN.O=C1OCCc2cc(Br)ccc21.[CH3-].[Li+]. The topological polar surface area (TPSA) is 329 Å². The second-order valence-electron chi connectivity index (χ2n) is 27.0. The molecule has 4 aliphatic rings. The van der Waals surface area contributed by atoms with E-state index < -0.39 is 53.1 Å². The molecule has 0 aliphatic carbocycles. The molecule has 4 atom stereocenters. The van der Waals surface area contributed by atoms with Crippen molar-refractivity contribution in [3.8, 4) is 40.1 Å². The second kappa shape index (κ2) is 39.9. The number of ether oxygens (including phenoxy) is 5. The average Bonchev–Trinajstić information content (AvgIpc) is 0.776. The Labute approximate surface area is 658 Å². The predicted octanol–water partition coefficient (Wildman–Crippen LogP) is 10.5. The minimum absolute atomic E-state index is 0. The van der Waals surface area contributed by atoms with Gasteiger partial charge in [-0.25, -0.2) is 19.6 Å². The number of fused-ring (bicyclic) bond motifs is 8. The van der Waals surface area contributed by atoms with Crippen molar-refractivity contribution < 1.29 is 81.2 Å². The van der Waals surface area contributed by atoms with Gasteiger partial charge in [-0.1, -0.05) is 85.0 Å². The van der Waals surface area contributed by atoms with E-state index in [0.29, 0.717) is 80.9 Å². The number of benzene rings is 6. The van der Waals surface area contributed by atoms with E-state index in [1.165, 1.54) is 23.1 Å². The van der Waals surface area contributed by atoms with Crippen LogP contribution in [0.3, 0.4) is 0 Å². The molecule has 25 heteroatoms. The molecule has 1 aromatic heterocycles. The number of hydrogen-bond donors (Lipinski definition) is 5. The molecule has 5 heterocycles. The summed E-state index contributed by atoms with van der Waals surface area (Å²) in [5, 5.41) is 20.7. The Bertz CT molecular complexity index is 4370. The number of nitriles is 1. The number of aromatic carboxylic acids is 1. The zero-order valence-electron chi connectivity index (χ0n) is 62.2. The van der Waals surface area contributed by atoms with E-state index in [-0.39, 0.29) is 121 Å². The van der Waals surface area contributed by atoms with Crippen molar-refractivity contribution >= 4 is 88.9 Å². The number of nitrogens with one attached hydrogen (secondary N) is 1. The number of likely N-dealkylation sites (N-methyl/N-ethyl adjacent to an activating group) is 1. The number of carbonyl (C=O) groups excluding carboxylic acids is 6. The first kappa shape index (κ1) is 87.1. The van der Waals surface area contributed by atoms with Crippen molar-refractivity contribution in [2.75, 3.05) is 59.7 Å². The molecule has 0 fully saturated rings. The van der Waals surface area contributed by atoms with Gasteiger partial charge in [-0.3, -0.25) is 24.0 Å². The van der Waals surface area contributed by atoms with Crippen molar-refractivity contribution in [1.82, 2.24) is 20.2 Å². The van der Waals surface area contributed by atoms with E-state index in [4.69, 9.17) is 56.0 Å². The fourth-order valence-corrected chi connectivity index (χ4v) is 14.5. The summed E-state index contributed by atoms with van der Waals surface area (Å²) in [4.78, 5) is 104. The Morgan fingerprint density at radius 1 is 0.708 bits per heavy atom. The number of carboxylic acids is 1. The van der Waals surface area contributed by atoms with Crippen LogP contribution in [0.4, 0.5) is 0 Å². The van der Waals surface area contributed by atoms with Gasteiger partial charge in [0.15, 0.2) is 23.2 Å². The van der Waals surface area contributed by atoms with Gasteiger partial charge in [-0.15, -0.1) is 0 Å². The van der Waals surface area contributed by atoms with Crippen LogP contribution in [0.5, 0.6) is 11.5 Å². The number of carboxylic acid groups (broad SMARTS) is 1. The summed E-state index contributed by atoms with van der Waals surface area (Å²) >= 11 is 10.1. The van der Waals surface area contributed by atoms with Gasteiger partial charge in [-0.05, 0) is 204 Å².